The van der Waals surface area contributed by atoms with Gasteiger partial charge in [0.05, 0.1) is 19.5 Å². The van der Waals surface area contributed by atoms with Crippen molar-refractivity contribution in [3.63, 3.8) is 0 Å². The zero-order valence-electron chi connectivity index (χ0n) is 11.0. The van der Waals surface area contributed by atoms with Crippen LogP contribution in [0.2, 0.25) is 0 Å². The number of nitrogens with zero attached hydrogens (tertiary/aromatic N) is 2. The van der Waals surface area contributed by atoms with Gasteiger partial charge >= 0.3 is 5.69 Å². The van der Waals surface area contributed by atoms with E-state index in [9.17, 15) is 14.7 Å². The summed E-state index contributed by atoms with van der Waals surface area (Å²) < 4.78 is 5.02. The summed E-state index contributed by atoms with van der Waals surface area (Å²) >= 11 is 0. The van der Waals surface area contributed by atoms with Crippen molar-refractivity contribution in [3.05, 3.63) is 56.2 Å². The Balaban J connectivity index is 2.13. The molecule has 0 aliphatic heterocycles. The van der Waals surface area contributed by atoms with Crippen molar-refractivity contribution < 1.29 is 9.84 Å². The van der Waals surface area contributed by atoms with E-state index < -0.39 is 17.1 Å². The van der Waals surface area contributed by atoms with Gasteiger partial charge in [0.2, 0.25) is 5.88 Å². The maximum atomic E-state index is 11.4. The summed E-state index contributed by atoms with van der Waals surface area (Å²) in [7, 11) is 1.57. The van der Waals surface area contributed by atoms with E-state index in [4.69, 9.17) is 4.74 Å². The molecule has 0 bridgehead atoms. The van der Waals surface area contributed by atoms with Gasteiger partial charge in [0, 0.05) is 0 Å². The Hall–Kier alpha value is -3.16. The molecule has 0 aliphatic rings. The van der Waals surface area contributed by atoms with Gasteiger partial charge in [0.1, 0.15) is 11.3 Å². The van der Waals surface area contributed by atoms with Crippen molar-refractivity contribution in [1.29, 1.82) is 0 Å². The molecule has 8 heteroatoms. The molecule has 0 fully saturated rings. The number of aromatic amines is 2. The number of aromatic hydroxyl groups is 1. The number of rotatable bonds is 4. The number of methoxy groups -OCH3 is 1. The molecule has 0 amide bonds. The predicted octanol–water partition coefficient (Wildman–Crippen LogP) is 0.230. The fourth-order valence-corrected chi connectivity index (χ4v) is 1.48. The number of aromatic nitrogens is 2. The summed E-state index contributed by atoms with van der Waals surface area (Å²) in [4.78, 5) is 26.3. The molecule has 108 valence electrons. The third-order valence-electron chi connectivity index (χ3n) is 2.53. The first kappa shape index (κ1) is 14.3. The molecular weight excluding hydrogens is 276 g/mol. The summed E-state index contributed by atoms with van der Waals surface area (Å²) in [6, 6.07) is 7.09. The highest BCUT2D eigenvalue weighted by molar-refractivity contribution is 5.83. The van der Waals surface area contributed by atoms with E-state index in [0.29, 0.717) is 0 Å². The monoisotopic (exact) mass is 288 g/mol. The lowest BCUT2D eigenvalue weighted by atomic mass is 10.2. The first-order valence-corrected chi connectivity index (χ1v) is 5.86. The molecule has 21 heavy (non-hydrogen) atoms. The van der Waals surface area contributed by atoms with Gasteiger partial charge in [-0.05, 0) is 29.8 Å². The van der Waals surface area contributed by atoms with E-state index in [0.717, 1.165) is 17.5 Å². The molecular formula is C13H12N4O4. The second-order valence-electron chi connectivity index (χ2n) is 3.93. The molecule has 0 aliphatic carbocycles. The smallest absolute Gasteiger partial charge is 0.328 e. The van der Waals surface area contributed by atoms with Crippen LogP contribution in [0.5, 0.6) is 11.6 Å². The van der Waals surface area contributed by atoms with Crippen LogP contribution in [0.1, 0.15) is 11.1 Å². The number of H-pyrrole nitrogens is 2. The summed E-state index contributed by atoms with van der Waals surface area (Å²) in [5.41, 5.74) is -0.940. The molecule has 3 N–H and O–H groups in total. The molecule has 2 rings (SSSR count). The maximum absolute atomic E-state index is 11.4. The first-order chi connectivity index (χ1) is 10.1. The normalized spacial score (nSPS) is 11.3. The Bertz CT molecular complexity index is 787. The standard InChI is InChI=1S/C13H12N4O4/c1-21-9-4-2-8(3-5-9)6-14-15-7-10-11(18)16-13(20)17-12(10)19/h2-7H,1H3,(H3,16,17,18,19,20)/b14-6?,15-7+. The van der Waals surface area contributed by atoms with Crippen LogP contribution in [-0.2, 0) is 0 Å². The van der Waals surface area contributed by atoms with Crippen LogP contribution < -0.4 is 16.0 Å². The lowest BCUT2D eigenvalue weighted by Crippen LogP contribution is -2.24. The topological polar surface area (TPSA) is 120 Å². The highest BCUT2D eigenvalue weighted by atomic mass is 16.5. The van der Waals surface area contributed by atoms with Crippen molar-refractivity contribution in [2.75, 3.05) is 7.11 Å². The van der Waals surface area contributed by atoms with Crippen molar-refractivity contribution in [2.45, 2.75) is 0 Å². The van der Waals surface area contributed by atoms with Crippen molar-refractivity contribution in [2.24, 2.45) is 10.2 Å². The largest absolute Gasteiger partial charge is 0.497 e. The molecule has 0 atom stereocenters. The minimum Gasteiger partial charge on any atom is -0.497 e. The molecule has 1 aromatic heterocycles. The molecule has 0 unspecified atom stereocenters. The fraction of sp³-hybridized carbons (Fsp3) is 0.0769. The number of ether oxygens (including phenoxy) is 1. The SMILES string of the molecule is COc1ccc(C=N/N=C/c2c(O)[nH]c(=O)[nH]c2=O)cc1. The van der Waals surface area contributed by atoms with Gasteiger partial charge in [-0.15, -0.1) is 0 Å². The van der Waals surface area contributed by atoms with E-state index >= 15 is 0 Å². The van der Waals surface area contributed by atoms with E-state index in [1.54, 1.807) is 31.4 Å². The summed E-state index contributed by atoms with van der Waals surface area (Å²) in [5, 5.41) is 16.8. The van der Waals surface area contributed by atoms with Gasteiger partial charge in [-0.25, -0.2) is 4.79 Å². The maximum Gasteiger partial charge on any atom is 0.328 e. The second kappa shape index (κ2) is 6.33. The van der Waals surface area contributed by atoms with Gasteiger partial charge < -0.3 is 9.84 Å². The van der Waals surface area contributed by atoms with E-state index in [1.807, 2.05) is 9.97 Å². The zero-order chi connectivity index (χ0) is 15.2. The van der Waals surface area contributed by atoms with Crippen LogP contribution >= 0.6 is 0 Å². The van der Waals surface area contributed by atoms with Crippen LogP contribution in [0.15, 0.2) is 44.1 Å². The lowest BCUT2D eigenvalue weighted by molar-refractivity contribution is 0.415. The molecule has 0 saturated carbocycles. The zero-order valence-corrected chi connectivity index (χ0v) is 11.0. The third kappa shape index (κ3) is 3.66. The van der Waals surface area contributed by atoms with Crippen molar-refractivity contribution in [1.82, 2.24) is 9.97 Å². The summed E-state index contributed by atoms with van der Waals surface area (Å²) in [6.45, 7) is 0. The van der Waals surface area contributed by atoms with Crippen molar-refractivity contribution in [3.8, 4) is 11.6 Å². The number of hydrogen-bond donors (Lipinski definition) is 3. The fourth-order valence-electron chi connectivity index (χ4n) is 1.48. The number of nitrogens with one attached hydrogen (secondary N) is 2. The molecule has 2 aromatic rings. The van der Waals surface area contributed by atoms with E-state index in [2.05, 4.69) is 10.2 Å². The van der Waals surface area contributed by atoms with Crippen LogP contribution in [0.25, 0.3) is 0 Å². The van der Waals surface area contributed by atoms with Crippen LogP contribution in [-0.4, -0.2) is 34.6 Å². The molecule has 1 aromatic carbocycles. The Morgan fingerprint density at radius 2 is 1.76 bits per heavy atom. The molecule has 0 spiro atoms. The predicted molar refractivity (Wildman–Crippen MR) is 77.5 cm³/mol. The number of hydrogen-bond acceptors (Lipinski definition) is 6. The summed E-state index contributed by atoms with van der Waals surface area (Å²) in [6.07, 6.45) is 2.51. The van der Waals surface area contributed by atoms with Gasteiger partial charge in [0.15, 0.2) is 0 Å². The average Bonchev–Trinajstić information content (AvgIpc) is 2.46. The van der Waals surface area contributed by atoms with Crippen LogP contribution in [0.3, 0.4) is 0 Å². The Kier molecular flexibility index (Phi) is 4.30. The minimum absolute atomic E-state index is 0.179. The van der Waals surface area contributed by atoms with Gasteiger partial charge in [0.25, 0.3) is 5.56 Å². The summed E-state index contributed by atoms with van der Waals surface area (Å²) in [5.74, 6) is 0.160. The Morgan fingerprint density at radius 3 is 2.38 bits per heavy atom. The van der Waals surface area contributed by atoms with Gasteiger partial charge in [-0.1, -0.05) is 0 Å². The van der Waals surface area contributed by atoms with Crippen molar-refractivity contribution >= 4 is 12.4 Å². The average molecular weight is 288 g/mol. The lowest BCUT2D eigenvalue weighted by Gasteiger charge is -1.97. The Morgan fingerprint density at radius 1 is 1.10 bits per heavy atom. The molecule has 0 radical (unpaired) electrons. The van der Waals surface area contributed by atoms with E-state index in [1.165, 1.54) is 6.21 Å². The molecule has 0 saturated heterocycles. The first-order valence-electron chi connectivity index (χ1n) is 5.86. The van der Waals surface area contributed by atoms with Crippen LogP contribution in [0.4, 0.5) is 0 Å². The third-order valence-corrected chi connectivity index (χ3v) is 2.53. The molecule has 1 heterocycles. The van der Waals surface area contributed by atoms with E-state index in [-0.39, 0.29) is 5.56 Å². The highest BCUT2D eigenvalue weighted by Gasteiger charge is 2.04. The molecule has 8 nitrogen and oxygen atoms in total. The minimum atomic E-state index is -0.795. The van der Waals surface area contributed by atoms with Gasteiger partial charge in [-0.3, -0.25) is 14.8 Å². The quantitative estimate of drug-likeness (QED) is 0.551. The second-order valence-corrected chi connectivity index (χ2v) is 3.93. The van der Waals surface area contributed by atoms with Gasteiger partial charge in [-0.2, -0.15) is 10.2 Å². The Labute approximate surface area is 118 Å². The highest BCUT2D eigenvalue weighted by Crippen LogP contribution is 2.09. The number of benzene rings is 1. The van der Waals surface area contributed by atoms with Crippen LogP contribution in [0, 0.1) is 0 Å².